The minimum Gasteiger partial charge on any atom is -0.507 e. The van der Waals surface area contributed by atoms with Crippen molar-refractivity contribution in [1.82, 2.24) is 14.9 Å². The van der Waals surface area contributed by atoms with Crippen LogP contribution >= 0.6 is 0 Å². The van der Waals surface area contributed by atoms with Gasteiger partial charge in [0.1, 0.15) is 11.5 Å². The zero-order chi connectivity index (χ0) is 26.1. The number of carbonyl (C=O) groups excluding carboxylic acids is 2. The third-order valence-corrected chi connectivity index (χ3v) is 6.76. The molecule has 3 heterocycles. The van der Waals surface area contributed by atoms with Gasteiger partial charge in [-0.25, -0.2) is 0 Å². The fourth-order valence-corrected chi connectivity index (χ4v) is 4.96. The lowest BCUT2D eigenvalue weighted by atomic mass is 9.93. The second kappa shape index (κ2) is 9.93. The molecule has 188 valence electrons. The van der Waals surface area contributed by atoms with Crippen LogP contribution in [-0.4, -0.2) is 38.3 Å². The molecule has 0 saturated carbocycles. The number of aromatic amines is 1. The number of likely N-dealkylation sites (tertiary alicyclic amines) is 1. The summed E-state index contributed by atoms with van der Waals surface area (Å²) in [4.78, 5) is 35.7. The maximum absolute atomic E-state index is 13.5. The lowest BCUT2D eigenvalue weighted by molar-refractivity contribution is -0.140. The fraction of sp³-hybridized carbons (Fsp3) is 0.233. The van der Waals surface area contributed by atoms with Crippen molar-refractivity contribution in [2.45, 2.75) is 39.3 Å². The summed E-state index contributed by atoms with van der Waals surface area (Å²) < 4.78 is 5.77. The van der Waals surface area contributed by atoms with Crippen LogP contribution in [0.4, 0.5) is 0 Å². The number of pyridine rings is 1. The van der Waals surface area contributed by atoms with E-state index >= 15 is 0 Å². The molecule has 1 amide bonds. The van der Waals surface area contributed by atoms with E-state index in [4.69, 9.17) is 4.74 Å². The number of H-pyrrole nitrogens is 1. The highest BCUT2D eigenvalue weighted by atomic mass is 16.5. The lowest BCUT2D eigenvalue weighted by Crippen LogP contribution is -2.29. The number of aromatic nitrogens is 2. The molecule has 1 aliphatic rings. The number of para-hydroxylation sites is 1. The first-order valence-corrected chi connectivity index (χ1v) is 12.4. The standard InChI is InChI=1S/C30H29N3O4/c1-4-37-25-10-9-20(15-22(25)18(2)3)28(34)26-27(23-16-32-24-8-6-5-7-21(23)24)33(30(36)29(26)35)17-19-11-13-31-14-12-19/h5-16,18,27,32,34H,4,17H2,1-3H3/b28-26+. The highest BCUT2D eigenvalue weighted by Gasteiger charge is 2.46. The molecule has 1 atom stereocenters. The minimum atomic E-state index is -0.765. The van der Waals surface area contributed by atoms with Crippen molar-refractivity contribution in [3.05, 3.63) is 101 Å². The predicted octanol–water partition coefficient (Wildman–Crippen LogP) is 5.71. The Morgan fingerprint density at radius 1 is 1.11 bits per heavy atom. The summed E-state index contributed by atoms with van der Waals surface area (Å²) >= 11 is 0. The van der Waals surface area contributed by atoms with Crippen molar-refractivity contribution >= 4 is 28.4 Å². The van der Waals surface area contributed by atoms with E-state index in [1.165, 1.54) is 4.90 Å². The number of nitrogens with one attached hydrogen (secondary N) is 1. The normalized spacial score (nSPS) is 17.2. The first-order chi connectivity index (χ1) is 17.9. The van der Waals surface area contributed by atoms with Crippen LogP contribution in [0.3, 0.4) is 0 Å². The minimum absolute atomic E-state index is 0.0719. The van der Waals surface area contributed by atoms with E-state index in [0.29, 0.717) is 12.2 Å². The number of nitrogens with zero attached hydrogens (tertiary/aromatic N) is 2. The van der Waals surface area contributed by atoms with E-state index in [-0.39, 0.29) is 23.8 Å². The monoisotopic (exact) mass is 495 g/mol. The Morgan fingerprint density at radius 3 is 2.59 bits per heavy atom. The number of aliphatic hydroxyl groups is 1. The maximum Gasteiger partial charge on any atom is 0.295 e. The lowest BCUT2D eigenvalue weighted by Gasteiger charge is -2.25. The number of fused-ring (bicyclic) bond motifs is 1. The molecule has 2 N–H and O–H groups in total. The molecule has 37 heavy (non-hydrogen) atoms. The van der Waals surface area contributed by atoms with Gasteiger partial charge in [-0.15, -0.1) is 0 Å². The predicted molar refractivity (Wildman–Crippen MR) is 142 cm³/mol. The molecular formula is C30H29N3O4. The third kappa shape index (κ3) is 4.37. The van der Waals surface area contributed by atoms with Gasteiger partial charge in [0, 0.05) is 47.2 Å². The molecule has 7 nitrogen and oxygen atoms in total. The van der Waals surface area contributed by atoms with Gasteiger partial charge in [0.05, 0.1) is 18.2 Å². The summed E-state index contributed by atoms with van der Waals surface area (Å²) in [5.74, 6) is -0.686. The van der Waals surface area contributed by atoms with Gasteiger partial charge in [-0.05, 0) is 60.4 Å². The summed E-state index contributed by atoms with van der Waals surface area (Å²) in [5.41, 5.74) is 3.93. The summed E-state index contributed by atoms with van der Waals surface area (Å²) in [6, 6.07) is 16.0. The number of carbonyl (C=O) groups is 2. The first kappa shape index (κ1) is 24.3. The Morgan fingerprint density at radius 2 is 1.86 bits per heavy atom. The highest BCUT2D eigenvalue weighted by molar-refractivity contribution is 6.46. The third-order valence-electron chi connectivity index (χ3n) is 6.76. The molecule has 1 unspecified atom stereocenters. The van der Waals surface area contributed by atoms with Gasteiger partial charge in [-0.2, -0.15) is 0 Å². The van der Waals surface area contributed by atoms with Gasteiger partial charge in [-0.3, -0.25) is 14.6 Å². The summed E-state index contributed by atoms with van der Waals surface area (Å²) in [5, 5.41) is 12.5. The molecule has 7 heteroatoms. The molecule has 0 bridgehead atoms. The van der Waals surface area contributed by atoms with Crippen LogP contribution in [0.2, 0.25) is 0 Å². The van der Waals surface area contributed by atoms with E-state index in [0.717, 1.165) is 33.3 Å². The van der Waals surface area contributed by atoms with Crippen LogP contribution < -0.4 is 4.74 Å². The second-order valence-electron chi connectivity index (χ2n) is 9.41. The van der Waals surface area contributed by atoms with Crippen LogP contribution in [0.1, 0.15) is 55.0 Å². The van der Waals surface area contributed by atoms with E-state index < -0.39 is 17.7 Å². The largest absolute Gasteiger partial charge is 0.507 e. The number of aliphatic hydroxyl groups excluding tert-OH is 1. The van der Waals surface area contributed by atoms with Crippen LogP contribution in [0.15, 0.2) is 78.8 Å². The van der Waals surface area contributed by atoms with Crippen molar-refractivity contribution in [3.63, 3.8) is 0 Å². The molecule has 1 aliphatic heterocycles. The number of benzene rings is 2. The SMILES string of the molecule is CCOc1ccc(/C(O)=C2\C(=O)C(=O)N(Cc3ccncc3)C2c2c[nH]c3ccccc23)cc1C(C)C. The number of rotatable bonds is 7. The van der Waals surface area contributed by atoms with Crippen molar-refractivity contribution < 1.29 is 19.4 Å². The number of hydrogen-bond donors (Lipinski definition) is 2. The fourth-order valence-electron chi connectivity index (χ4n) is 4.96. The van der Waals surface area contributed by atoms with Gasteiger partial charge in [0.25, 0.3) is 11.7 Å². The molecule has 2 aromatic heterocycles. The van der Waals surface area contributed by atoms with Gasteiger partial charge in [0.15, 0.2) is 0 Å². The molecule has 5 rings (SSSR count). The van der Waals surface area contributed by atoms with E-state index in [1.54, 1.807) is 18.5 Å². The molecule has 0 aliphatic carbocycles. The molecule has 1 saturated heterocycles. The Hall–Kier alpha value is -4.39. The second-order valence-corrected chi connectivity index (χ2v) is 9.41. The molecule has 4 aromatic rings. The molecule has 1 fully saturated rings. The molecule has 0 radical (unpaired) electrons. The van der Waals surface area contributed by atoms with Crippen LogP contribution in [-0.2, 0) is 16.1 Å². The zero-order valence-corrected chi connectivity index (χ0v) is 21.1. The molecular weight excluding hydrogens is 466 g/mol. The smallest absolute Gasteiger partial charge is 0.295 e. The molecule has 2 aromatic carbocycles. The van der Waals surface area contributed by atoms with Crippen LogP contribution in [0.5, 0.6) is 5.75 Å². The Labute approximate surface area is 215 Å². The van der Waals surface area contributed by atoms with Gasteiger partial charge in [-0.1, -0.05) is 32.0 Å². The first-order valence-electron chi connectivity index (χ1n) is 12.4. The van der Waals surface area contributed by atoms with Gasteiger partial charge in [0.2, 0.25) is 0 Å². The number of ketones is 1. The van der Waals surface area contributed by atoms with E-state index in [9.17, 15) is 14.7 Å². The maximum atomic E-state index is 13.5. The number of ether oxygens (including phenoxy) is 1. The summed E-state index contributed by atoms with van der Waals surface area (Å²) in [6.45, 7) is 6.73. The topological polar surface area (TPSA) is 95.5 Å². The Kier molecular flexibility index (Phi) is 6.53. The number of hydrogen-bond acceptors (Lipinski definition) is 5. The average molecular weight is 496 g/mol. The summed E-state index contributed by atoms with van der Waals surface area (Å²) in [6.07, 6.45) is 5.12. The Bertz CT molecular complexity index is 1500. The van der Waals surface area contributed by atoms with Crippen molar-refractivity contribution in [3.8, 4) is 5.75 Å². The highest BCUT2D eigenvalue weighted by Crippen LogP contribution is 2.43. The average Bonchev–Trinajstić information content (AvgIpc) is 3.43. The van der Waals surface area contributed by atoms with Crippen molar-refractivity contribution in [2.24, 2.45) is 0 Å². The Balaban J connectivity index is 1.69. The van der Waals surface area contributed by atoms with Gasteiger partial charge < -0.3 is 19.7 Å². The van der Waals surface area contributed by atoms with Crippen LogP contribution in [0.25, 0.3) is 16.7 Å². The quantitative estimate of drug-likeness (QED) is 0.195. The molecule has 0 spiro atoms. The van der Waals surface area contributed by atoms with Gasteiger partial charge >= 0.3 is 0 Å². The van der Waals surface area contributed by atoms with E-state index in [2.05, 4.69) is 9.97 Å². The number of Topliss-reactive ketones (excluding diaryl/α,β-unsaturated/α-hetero) is 1. The van der Waals surface area contributed by atoms with Crippen molar-refractivity contribution in [2.75, 3.05) is 6.61 Å². The van der Waals surface area contributed by atoms with Crippen molar-refractivity contribution in [1.29, 1.82) is 0 Å². The van der Waals surface area contributed by atoms with Crippen LogP contribution in [0, 0.1) is 0 Å². The zero-order valence-electron chi connectivity index (χ0n) is 21.1. The summed E-state index contributed by atoms with van der Waals surface area (Å²) in [7, 11) is 0. The number of amides is 1. The van der Waals surface area contributed by atoms with E-state index in [1.807, 2.05) is 75.5 Å².